The van der Waals surface area contributed by atoms with E-state index in [1.54, 1.807) is 0 Å². The first-order chi connectivity index (χ1) is 8.76. The van der Waals surface area contributed by atoms with Crippen LogP contribution in [0.4, 0.5) is 5.69 Å². The van der Waals surface area contributed by atoms with Crippen molar-refractivity contribution in [3.8, 4) is 6.07 Å². The first-order valence-corrected chi connectivity index (χ1v) is 6.36. The SMILES string of the molecule is CC1CCNCC(CO)N1c1ccc(C#N)cc1. The average molecular weight is 245 g/mol. The van der Waals surface area contributed by atoms with Crippen LogP contribution in [0.15, 0.2) is 24.3 Å². The maximum Gasteiger partial charge on any atom is 0.0991 e. The molecule has 2 rings (SSSR count). The van der Waals surface area contributed by atoms with Gasteiger partial charge in [0.2, 0.25) is 0 Å². The van der Waals surface area contributed by atoms with Gasteiger partial charge in [-0.3, -0.25) is 0 Å². The molecule has 0 spiro atoms. The Kier molecular flexibility index (Phi) is 4.19. The van der Waals surface area contributed by atoms with Crippen LogP contribution in [0.1, 0.15) is 18.9 Å². The van der Waals surface area contributed by atoms with E-state index in [4.69, 9.17) is 5.26 Å². The Balaban J connectivity index is 2.28. The van der Waals surface area contributed by atoms with Gasteiger partial charge < -0.3 is 15.3 Å². The van der Waals surface area contributed by atoms with E-state index in [2.05, 4.69) is 23.2 Å². The molecule has 4 heteroatoms. The molecule has 0 bridgehead atoms. The minimum atomic E-state index is 0.0930. The van der Waals surface area contributed by atoms with Crippen LogP contribution in [0.25, 0.3) is 0 Å². The summed E-state index contributed by atoms with van der Waals surface area (Å²) in [6.45, 7) is 4.08. The largest absolute Gasteiger partial charge is 0.394 e. The lowest BCUT2D eigenvalue weighted by Gasteiger charge is -2.35. The molecule has 0 aromatic heterocycles. The van der Waals surface area contributed by atoms with Gasteiger partial charge in [0, 0.05) is 18.3 Å². The molecule has 4 nitrogen and oxygen atoms in total. The lowest BCUT2D eigenvalue weighted by Crippen LogP contribution is -2.46. The lowest BCUT2D eigenvalue weighted by atomic mass is 10.1. The van der Waals surface area contributed by atoms with Crippen LogP contribution in [0.2, 0.25) is 0 Å². The molecule has 96 valence electrons. The van der Waals surface area contributed by atoms with Gasteiger partial charge >= 0.3 is 0 Å². The number of rotatable bonds is 2. The number of hydrogen-bond donors (Lipinski definition) is 2. The molecule has 1 aromatic carbocycles. The van der Waals surface area contributed by atoms with Crippen molar-refractivity contribution in [1.29, 1.82) is 5.26 Å². The summed E-state index contributed by atoms with van der Waals surface area (Å²) in [7, 11) is 0. The van der Waals surface area contributed by atoms with Crippen molar-refractivity contribution >= 4 is 5.69 Å². The van der Waals surface area contributed by atoms with Crippen LogP contribution in [-0.4, -0.2) is 36.9 Å². The predicted molar refractivity (Wildman–Crippen MR) is 71.5 cm³/mol. The molecule has 0 radical (unpaired) electrons. The number of aliphatic hydroxyl groups is 1. The number of nitriles is 1. The smallest absolute Gasteiger partial charge is 0.0991 e. The van der Waals surface area contributed by atoms with Gasteiger partial charge in [0.05, 0.1) is 24.3 Å². The Morgan fingerprint density at radius 3 is 2.78 bits per heavy atom. The molecule has 2 N–H and O–H groups in total. The Morgan fingerprint density at radius 2 is 2.17 bits per heavy atom. The third-order valence-corrected chi connectivity index (χ3v) is 3.49. The summed E-state index contributed by atoms with van der Waals surface area (Å²) in [5, 5.41) is 21.7. The quantitative estimate of drug-likeness (QED) is 0.819. The molecule has 1 aromatic rings. The number of benzene rings is 1. The van der Waals surface area contributed by atoms with Gasteiger partial charge in [0.1, 0.15) is 0 Å². The molecule has 1 aliphatic rings. The van der Waals surface area contributed by atoms with E-state index in [1.807, 2.05) is 24.3 Å². The van der Waals surface area contributed by atoms with Crippen molar-refractivity contribution in [3.63, 3.8) is 0 Å². The van der Waals surface area contributed by atoms with Gasteiger partial charge in [0.25, 0.3) is 0 Å². The molecular weight excluding hydrogens is 226 g/mol. The second kappa shape index (κ2) is 5.85. The first kappa shape index (κ1) is 12.9. The van der Waals surface area contributed by atoms with E-state index in [0.29, 0.717) is 11.6 Å². The Labute approximate surface area is 108 Å². The van der Waals surface area contributed by atoms with E-state index < -0.39 is 0 Å². The molecule has 2 unspecified atom stereocenters. The summed E-state index contributed by atoms with van der Waals surface area (Å²) < 4.78 is 0. The van der Waals surface area contributed by atoms with Crippen molar-refractivity contribution in [2.75, 3.05) is 24.6 Å². The van der Waals surface area contributed by atoms with Gasteiger partial charge in [0.15, 0.2) is 0 Å². The molecule has 1 aliphatic heterocycles. The molecule has 0 aliphatic carbocycles. The maximum atomic E-state index is 9.53. The molecule has 1 saturated heterocycles. The zero-order chi connectivity index (χ0) is 13.0. The normalized spacial score (nSPS) is 24.4. The van der Waals surface area contributed by atoms with Crippen LogP contribution in [0.3, 0.4) is 0 Å². The fraction of sp³-hybridized carbons (Fsp3) is 0.500. The fourth-order valence-corrected chi connectivity index (χ4v) is 2.50. The summed E-state index contributed by atoms with van der Waals surface area (Å²) in [6.07, 6.45) is 1.05. The lowest BCUT2D eigenvalue weighted by molar-refractivity contribution is 0.256. The molecule has 18 heavy (non-hydrogen) atoms. The van der Waals surface area contributed by atoms with Crippen LogP contribution in [0, 0.1) is 11.3 Å². The summed E-state index contributed by atoms with van der Waals surface area (Å²) in [5.74, 6) is 0. The Hall–Kier alpha value is -1.57. The molecule has 1 heterocycles. The minimum Gasteiger partial charge on any atom is -0.394 e. The summed E-state index contributed by atoms with van der Waals surface area (Å²) in [5.41, 5.74) is 1.74. The van der Waals surface area contributed by atoms with Crippen LogP contribution < -0.4 is 10.2 Å². The van der Waals surface area contributed by atoms with Gasteiger partial charge in [-0.25, -0.2) is 0 Å². The Morgan fingerprint density at radius 1 is 1.44 bits per heavy atom. The number of anilines is 1. The van der Waals surface area contributed by atoms with E-state index >= 15 is 0 Å². The summed E-state index contributed by atoms with van der Waals surface area (Å²) in [6, 6.07) is 10.2. The predicted octanol–water partition coefficient (Wildman–Crippen LogP) is 1.11. The van der Waals surface area contributed by atoms with E-state index in [9.17, 15) is 5.11 Å². The highest BCUT2D eigenvalue weighted by atomic mass is 16.3. The topological polar surface area (TPSA) is 59.3 Å². The maximum absolute atomic E-state index is 9.53. The third-order valence-electron chi connectivity index (χ3n) is 3.49. The fourth-order valence-electron chi connectivity index (χ4n) is 2.50. The van der Waals surface area contributed by atoms with Crippen molar-refractivity contribution in [2.45, 2.75) is 25.4 Å². The number of nitrogens with one attached hydrogen (secondary N) is 1. The zero-order valence-corrected chi connectivity index (χ0v) is 10.6. The van der Waals surface area contributed by atoms with Gasteiger partial charge in [-0.15, -0.1) is 0 Å². The van der Waals surface area contributed by atoms with Crippen LogP contribution in [-0.2, 0) is 0 Å². The third kappa shape index (κ3) is 2.63. The Bertz CT molecular complexity index is 424. The molecule has 0 saturated carbocycles. The summed E-state index contributed by atoms with van der Waals surface area (Å²) in [4.78, 5) is 2.25. The first-order valence-electron chi connectivity index (χ1n) is 6.36. The average Bonchev–Trinajstić information content (AvgIpc) is 2.60. The van der Waals surface area contributed by atoms with Crippen molar-refractivity contribution in [1.82, 2.24) is 5.32 Å². The van der Waals surface area contributed by atoms with Crippen molar-refractivity contribution in [2.24, 2.45) is 0 Å². The van der Waals surface area contributed by atoms with E-state index in [-0.39, 0.29) is 12.6 Å². The number of hydrogen-bond acceptors (Lipinski definition) is 4. The highest BCUT2D eigenvalue weighted by Gasteiger charge is 2.25. The van der Waals surface area contributed by atoms with Gasteiger partial charge in [-0.05, 0) is 44.2 Å². The van der Waals surface area contributed by atoms with E-state index in [1.165, 1.54) is 0 Å². The monoisotopic (exact) mass is 245 g/mol. The van der Waals surface area contributed by atoms with Crippen LogP contribution in [0.5, 0.6) is 0 Å². The van der Waals surface area contributed by atoms with Crippen molar-refractivity contribution in [3.05, 3.63) is 29.8 Å². The summed E-state index contributed by atoms with van der Waals surface area (Å²) >= 11 is 0. The van der Waals surface area contributed by atoms with Gasteiger partial charge in [-0.1, -0.05) is 0 Å². The molecule has 0 amide bonds. The number of nitrogens with zero attached hydrogens (tertiary/aromatic N) is 2. The van der Waals surface area contributed by atoms with E-state index in [0.717, 1.165) is 25.2 Å². The highest BCUT2D eigenvalue weighted by Crippen LogP contribution is 2.23. The highest BCUT2D eigenvalue weighted by molar-refractivity contribution is 5.51. The van der Waals surface area contributed by atoms with Crippen molar-refractivity contribution < 1.29 is 5.11 Å². The second-order valence-corrected chi connectivity index (χ2v) is 4.74. The molecular formula is C14H19N3O. The minimum absolute atomic E-state index is 0.0930. The van der Waals surface area contributed by atoms with Crippen LogP contribution >= 0.6 is 0 Å². The number of aliphatic hydroxyl groups excluding tert-OH is 1. The standard InChI is InChI=1S/C14H19N3O/c1-11-6-7-16-9-14(10-18)17(11)13-4-2-12(8-15)3-5-13/h2-5,11,14,16,18H,6-7,9-10H2,1H3. The molecule has 2 atom stereocenters. The van der Waals surface area contributed by atoms with Gasteiger partial charge in [-0.2, -0.15) is 5.26 Å². The zero-order valence-electron chi connectivity index (χ0n) is 10.6. The molecule has 1 fully saturated rings. The second-order valence-electron chi connectivity index (χ2n) is 4.74.